The van der Waals surface area contributed by atoms with Crippen LogP contribution in [-0.2, 0) is 41.8 Å². The van der Waals surface area contributed by atoms with Gasteiger partial charge in [-0.2, -0.15) is 0 Å². The molecule has 0 bridgehead atoms. The molecule has 6 heterocycles. The van der Waals surface area contributed by atoms with Crippen molar-refractivity contribution in [2.45, 2.75) is 119 Å². The second-order valence-corrected chi connectivity index (χ2v) is 25.7. The second-order valence-electron chi connectivity index (χ2n) is 25.7. The molecule has 387 valence electrons. The zero-order valence-electron chi connectivity index (χ0n) is 46.9. The molecule has 0 unspecified atom stereocenters. The summed E-state index contributed by atoms with van der Waals surface area (Å²) in [5.41, 5.74) is 25.5. The molecule has 4 aromatic heterocycles. The molecule has 7 aromatic carbocycles. The van der Waals surface area contributed by atoms with Crippen LogP contribution in [0, 0.1) is 31.8 Å². The van der Waals surface area contributed by atoms with Crippen LogP contribution in [0.15, 0.2) is 146 Å². The van der Waals surface area contributed by atoms with Crippen LogP contribution >= 0.6 is 0 Å². The van der Waals surface area contributed by atoms with Gasteiger partial charge in [0.2, 0.25) is 0 Å². The van der Waals surface area contributed by atoms with E-state index in [2.05, 4.69) is 213 Å². The summed E-state index contributed by atoms with van der Waals surface area (Å²) in [7, 11) is 0. The van der Waals surface area contributed by atoms with Gasteiger partial charge in [0.05, 0.1) is 11.0 Å². The summed E-state index contributed by atoms with van der Waals surface area (Å²) < 4.78 is 17.9. The fraction of sp³-hybridized carbons (Fsp3) is 0.257. The smallest absolute Gasteiger partial charge is 0.252 e. The third kappa shape index (κ3) is 8.79. The Morgan fingerprint density at radius 1 is 0.468 bits per heavy atom. The minimum atomic E-state index is -0.275. The van der Waals surface area contributed by atoms with Gasteiger partial charge in [-0.05, 0) is 151 Å². The Hall–Kier alpha value is -6.92. The van der Waals surface area contributed by atoms with Crippen LogP contribution in [-0.4, -0.2) is 25.8 Å². The van der Waals surface area contributed by atoms with Crippen LogP contribution in [0.3, 0.4) is 0 Å². The number of aromatic nitrogens is 4. The molecule has 2 aliphatic heterocycles. The monoisotopic (exact) mass is 1190 g/mol. The van der Waals surface area contributed by atoms with E-state index in [1.54, 1.807) is 6.07 Å². The summed E-state index contributed by atoms with van der Waals surface area (Å²) >= 11 is 0. The maximum Gasteiger partial charge on any atom is 0.252 e. The van der Waals surface area contributed by atoms with E-state index < -0.39 is 0 Å². The molecule has 0 saturated carbocycles. The number of hydrogen-bond donors (Lipinski definition) is 0. The van der Waals surface area contributed by atoms with Gasteiger partial charge in [-0.15, -0.1) is 65.7 Å². The zero-order chi connectivity index (χ0) is 53.5. The number of halogens is 1. The van der Waals surface area contributed by atoms with Gasteiger partial charge in [-0.1, -0.05) is 131 Å². The van der Waals surface area contributed by atoms with Crippen LogP contribution in [0.5, 0.6) is 0 Å². The number of benzene rings is 7. The first-order valence-electron chi connectivity index (χ1n) is 26.9. The van der Waals surface area contributed by atoms with Gasteiger partial charge in [0.15, 0.2) is 0 Å². The van der Waals surface area contributed by atoms with E-state index in [0.29, 0.717) is 0 Å². The molecule has 0 amide bonds. The van der Waals surface area contributed by atoms with Gasteiger partial charge in [0, 0.05) is 82.3 Å². The first-order chi connectivity index (χ1) is 35.9. The standard InChI is InChI=1S/C57H55BN3.C13H11FN.Ir/c1-54(2,3)36-19-22-47-40(26-36)42-28-38(56(7,8)9)30-44-52(42)60(47)49-24-35(34-18-21-46(59-32-34)33-16-14-13-15-17-33)25-50-51(49)58(44)45-31-39(57(10,11)12)29-43-41-27-37(55(4,5)6)20-23-48(41)61(50)53(43)45;1-9-7-13(15-8-10(9)2)11-3-5-12(14)6-4-11;/h13-16,18-32H,1-12H3;3,5-8H,1-2H3;/q2*-1;. The zero-order valence-corrected chi connectivity index (χ0v) is 49.3. The van der Waals surface area contributed by atoms with Crippen LogP contribution in [0.4, 0.5) is 4.39 Å². The summed E-state index contributed by atoms with van der Waals surface area (Å²) in [6, 6.07) is 54.7. The van der Waals surface area contributed by atoms with Crippen molar-refractivity contribution >= 4 is 66.7 Å². The molecule has 11 aromatic rings. The topological polar surface area (TPSA) is 35.6 Å². The molecule has 77 heavy (non-hydrogen) atoms. The number of nitrogens with zero attached hydrogens (tertiary/aromatic N) is 4. The molecule has 13 rings (SSSR count). The molecule has 1 radical (unpaired) electrons. The Morgan fingerprint density at radius 3 is 1.44 bits per heavy atom. The molecule has 7 heteroatoms. The number of pyridine rings is 2. The number of fused-ring (bicyclic) bond motifs is 10. The predicted octanol–water partition coefficient (Wildman–Crippen LogP) is 16.0. The fourth-order valence-electron chi connectivity index (χ4n) is 11.6. The Bertz CT molecular complexity index is 3980. The minimum absolute atomic E-state index is 0. The van der Waals surface area contributed by atoms with Crippen molar-refractivity contribution in [1.82, 2.24) is 19.1 Å². The molecule has 0 aliphatic carbocycles. The summed E-state index contributed by atoms with van der Waals surface area (Å²) in [5, 5.41) is 5.34. The Morgan fingerprint density at radius 2 is 0.987 bits per heavy atom. The molecule has 0 fully saturated rings. The summed E-state index contributed by atoms with van der Waals surface area (Å²) in [6.45, 7) is 32.3. The van der Waals surface area contributed by atoms with Gasteiger partial charge in [-0.3, -0.25) is 4.39 Å². The van der Waals surface area contributed by atoms with E-state index in [1.807, 2.05) is 38.2 Å². The largest absolute Gasteiger partial charge is 0.310 e. The molecule has 0 atom stereocenters. The first-order valence-corrected chi connectivity index (χ1v) is 26.9. The molecular weight excluding hydrogens is 1120 g/mol. The molecule has 0 N–H and O–H groups in total. The van der Waals surface area contributed by atoms with Crippen molar-refractivity contribution in [2.24, 2.45) is 0 Å². The van der Waals surface area contributed by atoms with Crippen molar-refractivity contribution in [3.8, 4) is 45.0 Å². The van der Waals surface area contributed by atoms with Crippen LogP contribution in [0.25, 0.3) is 88.6 Å². The summed E-state index contributed by atoms with van der Waals surface area (Å²) in [5.74, 6) is -0.275. The van der Waals surface area contributed by atoms with Crippen molar-refractivity contribution in [3.05, 3.63) is 197 Å². The van der Waals surface area contributed by atoms with Crippen molar-refractivity contribution in [1.29, 1.82) is 0 Å². The summed E-state index contributed by atoms with van der Waals surface area (Å²) in [4.78, 5) is 9.32. The Kier molecular flexibility index (Phi) is 12.4. The van der Waals surface area contributed by atoms with Gasteiger partial charge >= 0.3 is 0 Å². The quantitative estimate of drug-likeness (QED) is 0.131. The Labute approximate surface area is 468 Å². The van der Waals surface area contributed by atoms with E-state index in [1.165, 1.54) is 111 Å². The Balaban J connectivity index is 0.000000340. The average molecular weight is 1190 g/mol. The van der Waals surface area contributed by atoms with Crippen molar-refractivity contribution in [3.63, 3.8) is 0 Å². The maximum atomic E-state index is 12.7. The van der Waals surface area contributed by atoms with Crippen LogP contribution in [0.1, 0.15) is 116 Å². The number of aryl methyl sites for hydroxylation is 2. The predicted molar refractivity (Wildman–Crippen MR) is 320 cm³/mol. The molecule has 0 spiro atoms. The second kappa shape index (κ2) is 18.4. The third-order valence-corrected chi connectivity index (χ3v) is 16.3. The summed E-state index contributed by atoms with van der Waals surface area (Å²) in [6.07, 6.45) is 3.88. The van der Waals surface area contributed by atoms with Gasteiger partial charge < -0.3 is 19.1 Å². The molecule has 2 aliphatic rings. The first kappa shape index (κ1) is 52.2. The third-order valence-electron chi connectivity index (χ3n) is 16.3. The van der Waals surface area contributed by atoms with Crippen LogP contribution < -0.4 is 16.4 Å². The van der Waals surface area contributed by atoms with Crippen molar-refractivity contribution in [2.75, 3.05) is 0 Å². The van der Waals surface area contributed by atoms with Crippen LogP contribution in [0.2, 0.25) is 0 Å². The number of hydrogen-bond acceptors (Lipinski definition) is 2. The molecule has 4 nitrogen and oxygen atoms in total. The van der Waals surface area contributed by atoms with E-state index in [-0.39, 0.29) is 54.3 Å². The fourth-order valence-corrected chi connectivity index (χ4v) is 11.6. The van der Waals surface area contributed by atoms with Gasteiger partial charge in [0.25, 0.3) is 6.71 Å². The van der Waals surface area contributed by atoms with E-state index in [0.717, 1.165) is 39.2 Å². The number of rotatable bonds is 3. The average Bonchev–Trinajstić information content (AvgIpc) is 4.08. The van der Waals surface area contributed by atoms with E-state index in [9.17, 15) is 4.39 Å². The van der Waals surface area contributed by atoms with Crippen molar-refractivity contribution < 1.29 is 24.5 Å². The molecular formula is C70H66BFIrN4-2. The molecule has 0 saturated heterocycles. The van der Waals surface area contributed by atoms with Gasteiger partial charge in [0.1, 0.15) is 0 Å². The van der Waals surface area contributed by atoms with E-state index >= 15 is 0 Å². The van der Waals surface area contributed by atoms with E-state index in [4.69, 9.17) is 4.98 Å². The minimum Gasteiger partial charge on any atom is -0.310 e. The normalized spacial score (nSPS) is 13.0. The van der Waals surface area contributed by atoms with Gasteiger partial charge in [-0.25, -0.2) is 0 Å². The SMILES string of the molecule is CC(C)(C)c1ccc2c(c1)c1cc(C(C)(C)C)cc3c1n2-c1cc(-c2ccc(-c4[c-]cccc4)nc2)cc2c1B3c1cc(C(C)(C)C)cc3c4cc(C(C)(C)C)ccc4n-2c13.Cc1cnc(-c2[c-]cc(F)cc2)cc1C.[Ir]. The maximum absolute atomic E-state index is 12.7.